The van der Waals surface area contributed by atoms with E-state index in [1.165, 1.54) is 39.0 Å². The van der Waals surface area contributed by atoms with Crippen molar-refractivity contribution in [1.29, 1.82) is 0 Å². The van der Waals surface area contributed by atoms with Crippen LogP contribution in [0.3, 0.4) is 0 Å². The SMILES string of the molecule is C(CN1CCOCC1)NC1CCN2CCC1C2. The first-order valence-electron chi connectivity index (χ1n) is 7.18. The summed E-state index contributed by atoms with van der Waals surface area (Å²) in [6.07, 6.45) is 2.77. The molecule has 17 heavy (non-hydrogen) atoms. The first-order valence-corrected chi connectivity index (χ1v) is 7.18. The zero-order chi connectivity index (χ0) is 11.5. The second kappa shape index (κ2) is 5.65. The Morgan fingerprint density at radius 2 is 1.88 bits per heavy atom. The molecule has 3 heterocycles. The Kier molecular flexibility index (Phi) is 3.96. The van der Waals surface area contributed by atoms with Crippen molar-refractivity contribution in [3.8, 4) is 0 Å². The van der Waals surface area contributed by atoms with Gasteiger partial charge in [-0.1, -0.05) is 0 Å². The van der Waals surface area contributed by atoms with Crippen LogP contribution in [0.25, 0.3) is 0 Å². The normalized spacial score (nSPS) is 38.5. The van der Waals surface area contributed by atoms with Gasteiger partial charge in [-0.15, -0.1) is 0 Å². The van der Waals surface area contributed by atoms with Gasteiger partial charge in [-0.25, -0.2) is 0 Å². The molecule has 1 N–H and O–H groups in total. The van der Waals surface area contributed by atoms with Gasteiger partial charge in [0.05, 0.1) is 13.2 Å². The van der Waals surface area contributed by atoms with Gasteiger partial charge >= 0.3 is 0 Å². The van der Waals surface area contributed by atoms with E-state index in [1.807, 2.05) is 0 Å². The lowest BCUT2D eigenvalue weighted by Crippen LogP contribution is -2.47. The van der Waals surface area contributed by atoms with Gasteiger partial charge in [0.25, 0.3) is 0 Å². The van der Waals surface area contributed by atoms with Crippen LogP contribution in [0.4, 0.5) is 0 Å². The van der Waals surface area contributed by atoms with E-state index in [-0.39, 0.29) is 0 Å². The number of nitrogens with one attached hydrogen (secondary N) is 1. The number of piperidine rings is 1. The number of fused-ring (bicyclic) bond motifs is 2. The Morgan fingerprint density at radius 1 is 1.06 bits per heavy atom. The van der Waals surface area contributed by atoms with Crippen LogP contribution in [0.2, 0.25) is 0 Å². The summed E-state index contributed by atoms with van der Waals surface area (Å²) in [7, 11) is 0. The summed E-state index contributed by atoms with van der Waals surface area (Å²) in [4.78, 5) is 5.13. The lowest BCUT2D eigenvalue weighted by molar-refractivity contribution is 0.0376. The summed E-state index contributed by atoms with van der Waals surface area (Å²) in [5.74, 6) is 0.924. The molecule has 4 heteroatoms. The minimum Gasteiger partial charge on any atom is -0.379 e. The number of rotatable bonds is 4. The molecule has 0 amide bonds. The average molecular weight is 239 g/mol. The second-order valence-corrected chi connectivity index (χ2v) is 5.65. The molecule has 3 fully saturated rings. The largest absolute Gasteiger partial charge is 0.379 e. The Morgan fingerprint density at radius 3 is 2.76 bits per heavy atom. The number of nitrogens with zero attached hydrogens (tertiary/aromatic N) is 2. The summed E-state index contributed by atoms with van der Waals surface area (Å²) < 4.78 is 5.37. The van der Waals surface area contributed by atoms with Gasteiger partial charge in [0.15, 0.2) is 0 Å². The lowest BCUT2D eigenvalue weighted by atomic mass is 9.94. The molecular formula is C13H25N3O. The van der Waals surface area contributed by atoms with E-state index >= 15 is 0 Å². The van der Waals surface area contributed by atoms with E-state index in [0.29, 0.717) is 0 Å². The summed E-state index contributed by atoms with van der Waals surface area (Å²) in [5, 5.41) is 3.79. The monoisotopic (exact) mass is 239 g/mol. The zero-order valence-electron chi connectivity index (χ0n) is 10.7. The van der Waals surface area contributed by atoms with Crippen molar-refractivity contribution in [3.63, 3.8) is 0 Å². The maximum atomic E-state index is 5.37. The number of morpholine rings is 1. The maximum absolute atomic E-state index is 5.37. The second-order valence-electron chi connectivity index (χ2n) is 5.65. The Balaban J connectivity index is 1.36. The number of ether oxygens (including phenoxy) is 1. The van der Waals surface area contributed by atoms with Gasteiger partial charge in [-0.05, 0) is 31.8 Å². The van der Waals surface area contributed by atoms with E-state index in [1.54, 1.807) is 0 Å². The van der Waals surface area contributed by atoms with E-state index in [2.05, 4.69) is 15.1 Å². The molecule has 98 valence electrons. The van der Waals surface area contributed by atoms with Gasteiger partial charge in [0.1, 0.15) is 0 Å². The van der Waals surface area contributed by atoms with E-state index in [4.69, 9.17) is 4.74 Å². The highest BCUT2D eigenvalue weighted by Gasteiger charge is 2.33. The van der Waals surface area contributed by atoms with Crippen molar-refractivity contribution in [2.24, 2.45) is 5.92 Å². The van der Waals surface area contributed by atoms with Crippen LogP contribution in [-0.4, -0.2) is 74.9 Å². The minimum absolute atomic E-state index is 0.787. The molecule has 3 aliphatic rings. The van der Waals surface area contributed by atoms with Crippen LogP contribution in [0.15, 0.2) is 0 Å². The van der Waals surface area contributed by atoms with Crippen molar-refractivity contribution >= 4 is 0 Å². The molecule has 0 aromatic rings. The summed E-state index contributed by atoms with van der Waals surface area (Å²) in [6.45, 7) is 10.4. The highest BCUT2D eigenvalue weighted by atomic mass is 16.5. The van der Waals surface area contributed by atoms with E-state index < -0.39 is 0 Å². The third-order valence-electron chi connectivity index (χ3n) is 4.57. The fraction of sp³-hybridized carbons (Fsp3) is 1.00. The predicted molar refractivity (Wildman–Crippen MR) is 68.2 cm³/mol. The van der Waals surface area contributed by atoms with Gasteiger partial charge in [-0.2, -0.15) is 0 Å². The van der Waals surface area contributed by atoms with Crippen molar-refractivity contribution in [1.82, 2.24) is 15.1 Å². The first kappa shape index (κ1) is 11.9. The quantitative estimate of drug-likeness (QED) is 0.747. The Bertz CT molecular complexity index is 243. The highest BCUT2D eigenvalue weighted by molar-refractivity contribution is 4.90. The number of hydrogen-bond acceptors (Lipinski definition) is 4. The molecule has 3 aliphatic heterocycles. The van der Waals surface area contributed by atoms with Gasteiger partial charge in [-0.3, -0.25) is 4.90 Å². The van der Waals surface area contributed by atoms with Crippen LogP contribution < -0.4 is 5.32 Å². The molecule has 3 saturated heterocycles. The molecule has 3 rings (SSSR count). The third-order valence-corrected chi connectivity index (χ3v) is 4.57. The Labute approximate surface area is 104 Å². The molecule has 0 spiro atoms. The molecular weight excluding hydrogens is 214 g/mol. The predicted octanol–water partition coefficient (Wildman–Crippen LogP) is 0.00240. The average Bonchev–Trinajstić information content (AvgIpc) is 2.76. The first-order chi connectivity index (χ1) is 8.42. The molecule has 0 aromatic heterocycles. The number of hydrogen-bond donors (Lipinski definition) is 1. The molecule has 3 unspecified atom stereocenters. The van der Waals surface area contributed by atoms with Crippen LogP contribution >= 0.6 is 0 Å². The fourth-order valence-electron chi connectivity index (χ4n) is 3.45. The summed E-state index contributed by atoms with van der Waals surface area (Å²) >= 11 is 0. The summed E-state index contributed by atoms with van der Waals surface area (Å²) in [6, 6.07) is 0.787. The molecule has 0 saturated carbocycles. The van der Waals surface area contributed by atoms with Crippen molar-refractivity contribution in [3.05, 3.63) is 0 Å². The smallest absolute Gasteiger partial charge is 0.0594 e. The standard InChI is InChI=1S/C13H25N3O/c1-4-16-5-2-13(12(1)11-16)14-3-6-15-7-9-17-10-8-15/h12-14H,1-11H2. The van der Waals surface area contributed by atoms with Gasteiger partial charge in [0.2, 0.25) is 0 Å². The Hall–Kier alpha value is -0.160. The van der Waals surface area contributed by atoms with Gasteiger partial charge < -0.3 is 15.0 Å². The van der Waals surface area contributed by atoms with Crippen molar-refractivity contribution in [2.75, 3.05) is 59.0 Å². The molecule has 0 aliphatic carbocycles. The minimum atomic E-state index is 0.787. The van der Waals surface area contributed by atoms with Crippen LogP contribution in [0, 0.1) is 5.92 Å². The molecule has 0 aromatic carbocycles. The lowest BCUT2D eigenvalue weighted by Gasteiger charge is -2.32. The molecule has 4 nitrogen and oxygen atoms in total. The van der Waals surface area contributed by atoms with E-state index in [0.717, 1.165) is 44.8 Å². The van der Waals surface area contributed by atoms with Crippen molar-refractivity contribution in [2.45, 2.75) is 18.9 Å². The molecule has 3 atom stereocenters. The topological polar surface area (TPSA) is 27.7 Å². The zero-order valence-corrected chi connectivity index (χ0v) is 10.7. The van der Waals surface area contributed by atoms with Crippen LogP contribution in [0.5, 0.6) is 0 Å². The maximum Gasteiger partial charge on any atom is 0.0594 e. The molecule has 2 bridgehead atoms. The molecule has 0 radical (unpaired) electrons. The van der Waals surface area contributed by atoms with Crippen LogP contribution in [-0.2, 0) is 4.74 Å². The van der Waals surface area contributed by atoms with Crippen LogP contribution in [0.1, 0.15) is 12.8 Å². The van der Waals surface area contributed by atoms with Gasteiger partial charge in [0, 0.05) is 38.8 Å². The van der Waals surface area contributed by atoms with Crippen molar-refractivity contribution < 1.29 is 4.74 Å². The fourth-order valence-corrected chi connectivity index (χ4v) is 3.45. The third kappa shape index (κ3) is 2.99. The highest BCUT2D eigenvalue weighted by Crippen LogP contribution is 2.26. The summed E-state index contributed by atoms with van der Waals surface area (Å²) in [5.41, 5.74) is 0. The van der Waals surface area contributed by atoms with E-state index in [9.17, 15) is 0 Å².